The van der Waals surface area contributed by atoms with Crippen LogP contribution in [0.15, 0.2) is 33.9 Å². The number of hydrogen-bond acceptors (Lipinski definition) is 0. The van der Waals surface area contributed by atoms with Gasteiger partial charge in [0.15, 0.2) is 0 Å². The highest BCUT2D eigenvalue weighted by Crippen LogP contribution is 3.12. The van der Waals surface area contributed by atoms with E-state index < -0.39 is 0 Å². The maximum atomic E-state index is 2.90. The fraction of sp³-hybridized carbons (Fsp3) is 0.739. The standard InChI is InChI=1S/C23H21B/c1-2-20-14-10-6-9-7-12-19-18-16(20)13(10)8(1)5-11-15-17(14)23(18,20)21(15,3-4-24-19)22(9,11)12/h5,9-10,12-13,16,18-19,24H,1-4,6-7H2/b8-5-. The number of rotatable bonds is 0. The normalized spacial score (nSPS) is 80.5. The topological polar surface area (TPSA) is 0 Å². The Morgan fingerprint density at radius 2 is 2.08 bits per heavy atom. The van der Waals surface area contributed by atoms with E-state index in [1.807, 2.05) is 16.7 Å². The summed E-state index contributed by atoms with van der Waals surface area (Å²) in [4.78, 5) is 0. The monoisotopic (exact) mass is 308 g/mol. The molecule has 24 heavy (non-hydrogen) atoms. The molecule has 0 radical (unpaired) electrons. The van der Waals surface area contributed by atoms with E-state index in [-0.39, 0.29) is 0 Å². The predicted octanol–water partition coefficient (Wildman–Crippen LogP) is 3.89. The predicted molar refractivity (Wildman–Crippen MR) is 91.6 cm³/mol. The second kappa shape index (κ2) is 2.23. The van der Waals surface area contributed by atoms with Crippen molar-refractivity contribution in [3.05, 3.63) is 33.9 Å². The van der Waals surface area contributed by atoms with Gasteiger partial charge >= 0.3 is 0 Å². The molecule has 0 aromatic rings. The molecule has 9 aliphatic carbocycles. The molecule has 8 fully saturated rings. The smallest absolute Gasteiger partial charge is 0.0762 e. The van der Waals surface area contributed by atoms with E-state index in [9.17, 15) is 0 Å². The van der Waals surface area contributed by atoms with Crippen molar-refractivity contribution in [3.8, 4) is 0 Å². The van der Waals surface area contributed by atoms with Crippen molar-refractivity contribution in [2.75, 3.05) is 0 Å². The lowest BCUT2D eigenvalue weighted by atomic mass is 9.02. The Hall–Kier alpha value is -0.715. The van der Waals surface area contributed by atoms with Gasteiger partial charge in [0, 0.05) is 21.7 Å². The van der Waals surface area contributed by atoms with Crippen molar-refractivity contribution < 1.29 is 0 Å². The molecule has 4 bridgehead atoms. The molecule has 1 heteroatoms. The summed E-state index contributed by atoms with van der Waals surface area (Å²) in [5, 5.41) is 0. The molecule has 0 aromatic carbocycles. The second-order valence-electron chi connectivity index (χ2n) is 11.9. The van der Waals surface area contributed by atoms with Gasteiger partial charge < -0.3 is 0 Å². The number of fused-ring (bicyclic) bond motifs is 4. The molecule has 11 unspecified atom stereocenters. The first-order chi connectivity index (χ1) is 11.9. The minimum atomic E-state index is 0.745. The van der Waals surface area contributed by atoms with E-state index in [0.29, 0.717) is 0 Å². The maximum Gasteiger partial charge on any atom is 0.125 e. The molecule has 11 rings (SSSR count). The average molecular weight is 308 g/mol. The second-order valence-corrected chi connectivity index (χ2v) is 11.9. The maximum absolute atomic E-state index is 2.90. The van der Waals surface area contributed by atoms with Crippen molar-refractivity contribution in [3.63, 3.8) is 0 Å². The molecular formula is C23H21B. The van der Waals surface area contributed by atoms with Gasteiger partial charge in [-0.15, -0.1) is 0 Å². The summed E-state index contributed by atoms with van der Waals surface area (Å²) >= 11 is 0. The Morgan fingerprint density at radius 1 is 1.08 bits per heavy atom. The highest BCUT2D eigenvalue weighted by Gasteiger charge is 3.06. The van der Waals surface area contributed by atoms with Crippen LogP contribution in [0.1, 0.15) is 32.1 Å². The fourth-order valence-corrected chi connectivity index (χ4v) is 14.2. The van der Waals surface area contributed by atoms with E-state index in [2.05, 4.69) is 17.2 Å². The van der Waals surface area contributed by atoms with Crippen molar-refractivity contribution in [1.29, 1.82) is 0 Å². The van der Waals surface area contributed by atoms with Crippen molar-refractivity contribution in [2.45, 2.75) is 44.2 Å². The van der Waals surface area contributed by atoms with Gasteiger partial charge in [0.2, 0.25) is 0 Å². The van der Waals surface area contributed by atoms with Crippen LogP contribution < -0.4 is 0 Å². The van der Waals surface area contributed by atoms with E-state index in [4.69, 9.17) is 0 Å². The number of hydrogen-bond donors (Lipinski definition) is 0. The molecule has 2 aliphatic heterocycles. The van der Waals surface area contributed by atoms with E-state index in [1.165, 1.54) is 6.42 Å². The van der Waals surface area contributed by atoms with Crippen LogP contribution in [-0.2, 0) is 0 Å². The van der Waals surface area contributed by atoms with Crippen LogP contribution in [-0.4, -0.2) is 7.28 Å². The summed E-state index contributed by atoms with van der Waals surface area (Å²) in [6.45, 7) is 0. The molecule has 2 saturated heterocycles. The Kier molecular flexibility index (Phi) is 0.970. The molecule has 0 N–H and O–H groups in total. The average Bonchev–Trinajstić information content (AvgIpc) is 2.63. The first-order valence-electron chi connectivity index (χ1n) is 11.1. The lowest BCUT2D eigenvalue weighted by Crippen LogP contribution is -2.94. The summed E-state index contributed by atoms with van der Waals surface area (Å²) in [6.07, 6.45) is 12.5. The van der Waals surface area contributed by atoms with E-state index in [1.54, 1.807) is 39.3 Å². The van der Waals surface area contributed by atoms with Crippen LogP contribution in [0.25, 0.3) is 0 Å². The summed E-state index contributed by atoms with van der Waals surface area (Å²) in [7, 11) is 1.62. The summed E-state index contributed by atoms with van der Waals surface area (Å²) in [5.74, 6) is 7.77. The molecule has 116 valence electrons. The third-order valence-corrected chi connectivity index (χ3v) is 13.2. The van der Waals surface area contributed by atoms with Crippen LogP contribution >= 0.6 is 0 Å². The third kappa shape index (κ3) is 0.451. The Morgan fingerprint density at radius 3 is 3.08 bits per heavy atom. The highest BCUT2D eigenvalue weighted by atomic mass is 15.1. The first-order valence-corrected chi connectivity index (χ1v) is 11.1. The van der Waals surface area contributed by atoms with Crippen LogP contribution in [0.5, 0.6) is 0 Å². The Bertz CT molecular complexity index is 1020. The summed E-state index contributed by atoms with van der Waals surface area (Å²) in [6, 6.07) is 0. The zero-order valence-corrected chi connectivity index (χ0v) is 14.1. The molecule has 11 aliphatic rings. The minimum absolute atomic E-state index is 0.745. The first kappa shape index (κ1) is 10.4. The summed E-state index contributed by atoms with van der Waals surface area (Å²) in [5.41, 5.74) is 13.3. The highest BCUT2D eigenvalue weighted by molar-refractivity contribution is 6.38. The zero-order valence-electron chi connectivity index (χ0n) is 14.1. The van der Waals surface area contributed by atoms with Gasteiger partial charge in [-0.1, -0.05) is 29.4 Å². The van der Waals surface area contributed by atoms with Gasteiger partial charge in [0.05, 0.1) is 0 Å². The minimum Gasteiger partial charge on any atom is -0.0762 e. The molecular weight excluding hydrogens is 287 g/mol. The molecule has 11 atom stereocenters. The van der Waals surface area contributed by atoms with Crippen LogP contribution in [0.3, 0.4) is 0 Å². The molecule has 0 amide bonds. The Labute approximate surface area is 143 Å². The van der Waals surface area contributed by atoms with Gasteiger partial charge in [-0.2, -0.15) is 0 Å². The van der Waals surface area contributed by atoms with Gasteiger partial charge in [-0.25, -0.2) is 0 Å². The molecule has 4 spiro atoms. The van der Waals surface area contributed by atoms with E-state index in [0.717, 1.165) is 63.0 Å². The van der Waals surface area contributed by atoms with Crippen molar-refractivity contribution in [1.82, 2.24) is 0 Å². The molecule has 6 saturated carbocycles. The SMILES string of the molecule is B1CCC23C4=C5/C=C6/CCC78C9=C4C72C2C1C1CC(CC9C6C28)C513. The van der Waals surface area contributed by atoms with Gasteiger partial charge in [0.1, 0.15) is 7.28 Å². The van der Waals surface area contributed by atoms with Crippen molar-refractivity contribution in [2.24, 2.45) is 57.2 Å². The lowest BCUT2D eigenvalue weighted by molar-refractivity contribution is -0.386. The van der Waals surface area contributed by atoms with Crippen molar-refractivity contribution >= 4 is 7.28 Å². The number of allylic oxidation sites excluding steroid dienone is 6. The van der Waals surface area contributed by atoms with Crippen LogP contribution in [0, 0.1) is 57.2 Å². The van der Waals surface area contributed by atoms with Crippen LogP contribution in [0.4, 0.5) is 0 Å². The molecule has 2 heterocycles. The third-order valence-electron chi connectivity index (χ3n) is 13.2. The summed E-state index contributed by atoms with van der Waals surface area (Å²) < 4.78 is 0. The molecule has 0 nitrogen and oxygen atoms in total. The Balaban J connectivity index is 1.52. The fourth-order valence-electron chi connectivity index (χ4n) is 14.2. The molecule has 0 aromatic heterocycles. The van der Waals surface area contributed by atoms with Gasteiger partial charge in [0.25, 0.3) is 0 Å². The van der Waals surface area contributed by atoms with Crippen LogP contribution in [0.2, 0.25) is 12.1 Å². The largest absolute Gasteiger partial charge is 0.125 e. The quantitative estimate of drug-likeness (QED) is 0.596. The van der Waals surface area contributed by atoms with E-state index >= 15 is 0 Å². The van der Waals surface area contributed by atoms with Gasteiger partial charge in [-0.3, -0.25) is 0 Å². The lowest BCUT2D eigenvalue weighted by Gasteiger charge is -3.00. The van der Waals surface area contributed by atoms with Gasteiger partial charge in [-0.05, 0) is 84.3 Å². The zero-order chi connectivity index (χ0) is 14.6.